The minimum absolute atomic E-state index is 0.0529. The van der Waals surface area contributed by atoms with Gasteiger partial charge in [0.25, 0.3) is 10.0 Å². The van der Waals surface area contributed by atoms with E-state index in [4.69, 9.17) is 0 Å². The van der Waals surface area contributed by atoms with Crippen LogP contribution in [0.1, 0.15) is 6.92 Å². The molecule has 0 heterocycles. The van der Waals surface area contributed by atoms with E-state index < -0.39 is 10.0 Å². The van der Waals surface area contributed by atoms with Crippen molar-refractivity contribution < 1.29 is 8.42 Å². The fourth-order valence-corrected chi connectivity index (χ4v) is 0.722. The molecule has 0 saturated carbocycles. The Bertz CT molecular complexity index is 206. The summed E-state index contributed by atoms with van der Waals surface area (Å²) in [6, 6.07) is 0. The van der Waals surface area contributed by atoms with Gasteiger partial charge in [0, 0.05) is 14.1 Å². The van der Waals surface area contributed by atoms with Crippen LogP contribution in [0.5, 0.6) is 0 Å². The van der Waals surface area contributed by atoms with Gasteiger partial charge in [-0.1, -0.05) is 0 Å². The summed E-state index contributed by atoms with van der Waals surface area (Å²) in [7, 11) is 0.247. The zero-order valence-corrected chi connectivity index (χ0v) is 7.22. The number of rotatable bonds is 3. The van der Waals surface area contributed by atoms with Crippen LogP contribution in [0, 0.1) is 0 Å². The summed E-state index contributed by atoms with van der Waals surface area (Å²) in [5.74, 6) is 0.0529. The average molecular weight is 164 g/mol. The van der Waals surface area contributed by atoms with Crippen molar-refractivity contribution in [3.8, 4) is 0 Å². The van der Waals surface area contributed by atoms with E-state index in [1.165, 1.54) is 6.34 Å². The van der Waals surface area contributed by atoms with Crippen molar-refractivity contribution >= 4 is 16.4 Å². The highest BCUT2D eigenvalue weighted by Crippen LogP contribution is 1.88. The van der Waals surface area contributed by atoms with Crippen LogP contribution in [-0.2, 0) is 10.0 Å². The largest absolute Gasteiger partial charge is 0.368 e. The van der Waals surface area contributed by atoms with E-state index in [-0.39, 0.29) is 5.75 Å². The zero-order chi connectivity index (χ0) is 8.20. The normalized spacial score (nSPS) is 12.3. The van der Waals surface area contributed by atoms with Crippen molar-refractivity contribution in [3.05, 3.63) is 0 Å². The maximum Gasteiger partial charge on any atom is 0.254 e. The van der Waals surface area contributed by atoms with Crippen molar-refractivity contribution in [3.63, 3.8) is 0 Å². The second-order valence-corrected chi connectivity index (χ2v) is 4.01. The van der Waals surface area contributed by atoms with E-state index in [1.54, 1.807) is 25.9 Å². The lowest BCUT2D eigenvalue weighted by molar-refractivity contribution is 0.596. The summed E-state index contributed by atoms with van der Waals surface area (Å²) in [6.45, 7) is 1.56. The van der Waals surface area contributed by atoms with Crippen LogP contribution in [0.2, 0.25) is 0 Å². The Morgan fingerprint density at radius 3 is 2.30 bits per heavy atom. The molecule has 0 amide bonds. The minimum atomic E-state index is -3.19. The van der Waals surface area contributed by atoms with Gasteiger partial charge >= 0.3 is 0 Å². The first kappa shape index (κ1) is 9.42. The Kier molecular flexibility index (Phi) is 3.35. The molecule has 0 rings (SSSR count). The van der Waals surface area contributed by atoms with Crippen molar-refractivity contribution in [1.29, 1.82) is 0 Å². The van der Waals surface area contributed by atoms with Crippen molar-refractivity contribution in [1.82, 2.24) is 4.90 Å². The number of nitrogens with zero attached hydrogens (tertiary/aromatic N) is 2. The summed E-state index contributed by atoms with van der Waals surface area (Å²) < 4.78 is 24.7. The van der Waals surface area contributed by atoms with Gasteiger partial charge in [-0.3, -0.25) is 0 Å². The molecule has 0 unspecified atom stereocenters. The Labute approximate surface area is 61.6 Å². The Hall–Kier alpha value is -0.580. The molecule has 4 nitrogen and oxygen atoms in total. The van der Waals surface area contributed by atoms with E-state index >= 15 is 0 Å². The van der Waals surface area contributed by atoms with E-state index in [9.17, 15) is 8.42 Å². The smallest absolute Gasteiger partial charge is 0.254 e. The molecule has 0 spiro atoms. The monoisotopic (exact) mass is 164 g/mol. The molecule has 0 N–H and O–H groups in total. The minimum Gasteiger partial charge on any atom is -0.368 e. The Morgan fingerprint density at radius 1 is 1.50 bits per heavy atom. The van der Waals surface area contributed by atoms with E-state index in [0.717, 1.165) is 0 Å². The predicted octanol–water partition coefficient (Wildman–Crippen LogP) is -0.0740. The van der Waals surface area contributed by atoms with E-state index in [2.05, 4.69) is 4.40 Å². The summed E-state index contributed by atoms with van der Waals surface area (Å²) in [5, 5.41) is 0. The Balaban J connectivity index is 4.15. The second kappa shape index (κ2) is 3.55. The van der Waals surface area contributed by atoms with Crippen molar-refractivity contribution in [2.75, 3.05) is 19.8 Å². The molecular formula is C5H12N2O2S. The standard InChI is InChI=1S/C5H12N2O2S/c1-4-10(8,9)6-5-7(2)3/h5H,4H2,1-3H3. The van der Waals surface area contributed by atoms with Crippen LogP contribution in [0.4, 0.5) is 0 Å². The second-order valence-electron chi connectivity index (χ2n) is 2.06. The van der Waals surface area contributed by atoms with Gasteiger partial charge in [-0.05, 0) is 6.92 Å². The highest BCUT2D eigenvalue weighted by atomic mass is 32.2. The van der Waals surface area contributed by atoms with Crippen LogP contribution < -0.4 is 0 Å². The first-order valence-corrected chi connectivity index (χ1v) is 4.53. The molecule has 0 aromatic rings. The van der Waals surface area contributed by atoms with Crippen molar-refractivity contribution in [2.45, 2.75) is 6.92 Å². The van der Waals surface area contributed by atoms with Gasteiger partial charge in [0.05, 0.1) is 5.75 Å². The van der Waals surface area contributed by atoms with Gasteiger partial charge in [-0.15, -0.1) is 0 Å². The lowest BCUT2D eigenvalue weighted by Crippen LogP contribution is -2.10. The maximum atomic E-state index is 10.7. The van der Waals surface area contributed by atoms with Crippen molar-refractivity contribution in [2.24, 2.45) is 4.40 Å². The highest BCUT2D eigenvalue weighted by Gasteiger charge is 2.00. The molecule has 10 heavy (non-hydrogen) atoms. The fourth-order valence-electron chi connectivity index (χ4n) is 0.241. The molecule has 0 aromatic carbocycles. The molecule has 0 atom stereocenters. The number of hydrogen-bond donors (Lipinski definition) is 0. The summed E-state index contributed by atoms with van der Waals surface area (Å²) in [4.78, 5) is 1.58. The Morgan fingerprint density at radius 2 is 2.00 bits per heavy atom. The molecule has 0 aliphatic heterocycles. The lowest BCUT2D eigenvalue weighted by Gasteiger charge is -2.00. The maximum absolute atomic E-state index is 10.7. The molecule has 5 heteroatoms. The molecule has 0 saturated heterocycles. The van der Waals surface area contributed by atoms with Crippen LogP contribution in [0.25, 0.3) is 0 Å². The SMILES string of the molecule is CCS(=O)(=O)N=CN(C)C. The highest BCUT2D eigenvalue weighted by molar-refractivity contribution is 7.90. The van der Waals surface area contributed by atoms with Gasteiger partial charge < -0.3 is 4.90 Å². The first-order valence-electron chi connectivity index (χ1n) is 2.92. The summed E-state index contributed by atoms with van der Waals surface area (Å²) >= 11 is 0. The van der Waals surface area contributed by atoms with Gasteiger partial charge in [-0.2, -0.15) is 4.40 Å². The van der Waals surface area contributed by atoms with Crippen LogP contribution in [0.15, 0.2) is 4.40 Å². The van der Waals surface area contributed by atoms with E-state index in [0.29, 0.717) is 0 Å². The molecule has 60 valence electrons. The molecule has 0 bridgehead atoms. The third-order valence-electron chi connectivity index (χ3n) is 0.803. The van der Waals surface area contributed by atoms with Gasteiger partial charge in [0.1, 0.15) is 6.34 Å². The zero-order valence-electron chi connectivity index (χ0n) is 6.40. The van der Waals surface area contributed by atoms with Gasteiger partial charge in [-0.25, -0.2) is 8.42 Å². The number of hydrogen-bond acceptors (Lipinski definition) is 2. The molecule has 0 radical (unpaired) electrons. The average Bonchev–Trinajstić information content (AvgIpc) is 1.85. The van der Waals surface area contributed by atoms with Crippen LogP contribution in [0.3, 0.4) is 0 Å². The van der Waals surface area contributed by atoms with Gasteiger partial charge in [0.15, 0.2) is 0 Å². The molecule has 0 aliphatic carbocycles. The van der Waals surface area contributed by atoms with Crippen LogP contribution in [-0.4, -0.2) is 39.5 Å². The molecular weight excluding hydrogens is 152 g/mol. The fraction of sp³-hybridized carbons (Fsp3) is 0.800. The molecule has 0 fully saturated rings. The summed E-state index contributed by atoms with van der Waals surface area (Å²) in [5.41, 5.74) is 0. The quantitative estimate of drug-likeness (QED) is 0.433. The summed E-state index contributed by atoms with van der Waals surface area (Å²) in [6.07, 6.45) is 1.28. The van der Waals surface area contributed by atoms with E-state index in [1.807, 2.05) is 0 Å². The molecule has 0 aromatic heterocycles. The van der Waals surface area contributed by atoms with Crippen LogP contribution >= 0.6 is 0 Å². The topological polar surface area (TPSA) is 49.7 Å². The first-order chi connectivity index (χ1) is 4.48. The number of sulfonamides is 1. The lowest BCUT2D eigenvalue weighted by atomic mass is 11.0. The third-order valence-corrected chi connectivity index (χ3v) is 1.95. The molecule has 0 aliphatic rings. The third kappa shape index (κ3) is 4.31. The predicted molar refractivity (Wildman–Crippen MR) is 41.6 cm³/mol. The van der Waals surface area contributed by atoms with Gasteiger partial charge in [0.2, 0.25) is 0 Å².